The van der Waals surface area contributed by atoms with E-state index in [2.05, 4.69) is 15.9 Å². The summed E-state index contributed by atoms with van der Waals surface area (Å²) in [7, 11) is 0. The van der Waals surface area contributed by atoms with E-state index in [0.29, 0.717) is 10.0 Å². The summed E-state index contributed by atoms with van der Waals surface area (Å²) < 4.78 is 39.1. The molecule has 1 aliphatic carbocycles. The first kappa shape index (κ1) is 11.0. The summed E-state index contributed by atoms with van der Waals surface area (Å²) >= 11 is 3.19. The summed E-state index contributed by atoms with van der Waals surface area (Å²) in [6, 6.07) is 3.95. The minimum Gasteiger partial charge on any atom is -0.321 e. The zero-order valence-electron chi connectivity index (χ0n) is 7.74. The number of hydrogen-bond acceptors (Lipinski definition) is 1. The van der Waals surface area contributed by atoms with Crippen LogP contribution in [0, 0.1) is 5.82 Å². The van der Waals surface area contributed by atoms with Gasteiger partial charge in [-0.15, -0.1) is 0 Å². The van der Waals surface area contributed by atoms with Crippen LogP contribution in [0.2, 0.25) is 0 Å². The van der Waals surface area contributed by atoms with E-state index in [1.807, 2.05) is 0 Å². The lowest BCUT2D eigenvalue weighted by molar-refractivity contribution is -0.125. The molecule has 2 N–H and O–H groups in total. The molecule has 15 heavy (non-hydrogen) atoms. The lowest BCUT2D eigenvalue weighted by Crippen LogP contribution is -2.55. The highest BCUT2D eigenvalue weighted by Crippen LogP contribution is 2.51. The van der Waals surface area contributed by atoms with Crippen LogP contribution in [0.5, 0.6) is 0 Å². The van der Waals surface area contributed by atoms with E-state index in [9.17, 15) is 13.2 Å². The maximum Gasteiger partial charge on any atom is 0.252 e. The van der Waals surface area contributed by atoms with E-state index >= 15 is 0 Å². The van der Waals surface area contributed by atoms with Gasteiger partial charge in [-0.25, -0.2) is 13.2 Å². The van der Waals surface area contributed by atoms with Crippen LogP contribution in [-0.4, -0.2) is 5.92 Å². The van der Waals surface area contributed by atoms with Gasteiger partial charge in [0, 0.05) is 17.3 Å². The molecule has 0 aromatic heterocycles. The Hall–Kier alpha value is -0.550. The molecule has 0 heterocycles. The molecule has 1 aliphatic rings. The van der Waals surface area contributed by atoms with Gasteiger partial charge in [0.2, 0.25) is 0 Å². The Morgan fingerprint density at radius 1 is 1.27 bits per heavy atom. The van der Waals surface area contributed by atoms with Gasteiger partial charge in [0.15, 0.2) is 0 Å². The second-order valence-electron chi connectivity index (χ2n) is 3.99. The van der Waals surface area contributed by atoms with E-state index in [0.717, 1.165) is 0 Å². The Kier molecular flexibility index (Phi) is 2.35. The van der Waals surface area contributed by atoms with Gasteiger partial charge in [-0.2, -0.15) is 0 Å². The van der Waals surface area contributed by atoms with Crippen molar-refractivity contribution in [3.05, 3.63) is 34.1 Å². The fourth-order valence-electron chi connectivity index (χ4n) is 1.94. The predicted molar refractivity (Wildman–Crippen MR) is 54.1 cm³/mol. The largest absolute Gasteiger partial charge is 0.321 e. The number of nitrogens with two attached hydrogens (primary N) is 1. The second kappa shape index (κ2) is 3.22. The van der Waals surface area contributed by atoms with Crippen molar-refractivity contribution in [2.45, 2.75) is 24.3 Å². The first-order valence-corrected chi connectivity index (χ1v) is 5.24. The predicted octanol–water partition coefficient (Wildman–Crippen LogP) is 3.17. The van der Waals surface area contributed by atoms with Crippen molar-refractivity contribution >= 4 is 15.9 Å². The topological polar surface area (TPSA) is 26.0 Å². The molecule has 0 bridgehead atoms. The molecule has 0 spiro atoms. The molecule has 1 saturated carbocycles. The van der Waals surface area contributed by atoms with Gasteiger partial charge in [-0.3, -0.25) is 0 Å². The molecule has 0 saturated heterocycles. The van der Waals surface area contributed by atoms with Gasteiger partial charge >= 0.3 is 0 Å². The number of halogens is 4. The van der Waals surface area contributed by atoms with Crippen molar-refractivity contribution in [2.24, 2.45) is 5.73 Å². The van der Waals surface area contributed by atoms with Crippen LogP contribution in [0.25, 0.3) is 0 Å². The fourth-order valence-corrected chi connectivity index (χ4v) is 2.58. The van der Waals surface area contributed by atoms with Gasteiger partial charge in [0.1, 0.15) is 5.82 Å². The molecule has 5 heteroatoms. The molecule has 82 valence electrons. The lowest BCUT2D eigenvalue weighted by atomic mass is 9.70. The second-order valence-corrected chi connectivity index (χ2v) is 4.84. The fraction of sp³-hybridized carbons (Fsp3) is 0.400. The van der Waals surface area contributed by atoms with E-state index < -0.39 is 30.1 Å². The van der Waals surface area contributed by atoms with Crippen molar-refractivity contribution in [2.75, 3.05) is 0 Å². The zero-order chi connectivity index (χ0) is 11.3. The summed E-state index contributed by atoms with van der Waals surface area (Å²) in [5.41, 5.74) is 5.10. The molecule has 1 aromatic rings. The van der Waals surface area contributed by atoms with Crippen LogP contribution < -0.4 is 5.73 Å². The first-order valence-electron chi connectivity index (χ1n) is 4.45. The van der Waals surface area contributed by atoms with Gasteiger partial charge < -0.3 is 5.73 Å². The van der Waals surface area contributed by atoms with Crippen LogP contribution in [0.15, 0.2) is 22.7 Å². The van der Waals surface area contributed by atoms with E-state index in [-0.39, 0.29) is 0 Å². The molecule has 0 atom stereocenters. The summed E-state index contributed by atoms with van der Waals surface area (Å²) in [5.74, 6) is -3.19. The summed E-state index contributed by atoms with van der Waals surface area (Å²) in [5, 5.41) is 0. The summed E-state index contributed by atoms with van der Waals surface area (Å²) in [6.07, 6.45) is -0.857. The molecule has 1 aromatic carbocycles. The average Bonchev–Trinajstić information content (AvgIpc) is 2.05. The summed E-state index contributed by atoms with van der Waals surface area (Å²) in [4.78, 5) is 0. The molecule has 0 radical (unpaired) electrons. The molecule has 0 aliphatic heterocycles. The molecular formula is C10H9BrF3N. The van der Waals surface area contributed by atoms with Crippen LogP contribution in [-0.2, 0) is 5.54 Å². The van der Waals surface area contributed by atoms with Crippen molar-refractivity contribution in [3.63, 3.8) is 0 Å². The molecule has 1 nitrogen and oxygen atoms in total. The quantitative estimate of drug-likeness (QED) is 0.840. The van der Waals surface area contributed by atoms with Gasteiger partial charge in [-0.1, -0.05) is 15.9 Å². The SMILES string of the molecule is NC1(c2cc(F)ccc2Br)CC(F)(F)C1. The number of benzene rings is 1. The molecule has 1 fully saturated rings. The van der Waals surface area contributed by atoms with Crippen LogP contribution in [0.3, 0.4) is 0 Å². The van der Waals surface area contributed by atoms with Crippen LogP contribution >= 0.6 is 15.9 Å². The van der Waals surface area contributed by atoms with Crippen molar-refractivity contribution < 1.29 is 13.2 Å². The number of rotatable bonds is 1. The lowest BCUT2D eigenvalue weighted by Gasteiger charge is -2.45. The Labute approximate surface area is 93.6 Å². The Morgan fingerprint density at radius 2 is 1.87 bits per heavy atom. The molecule has 0 amide bonds. The number of hydrogen-bond donors (Lipinski definition) is 1. The minimum atomic E-state index is -2.72. The molecular weight excluding hydrogens is 271 g/mol. The highest BCUT2D eigenvalue weighted by molar-refractivity contribution is 9.10. The van der Waals surface area contributed by atoms with Crippen LogP contribution in [0.1, 0.15) is 18.4 Å². The Bertz CT molecular complexity index is 398. The maximum atomic E-state index is 13.0. The maximum absolute atomic E-state index is 13.0. The zero-order valence-corrected chi connectivity index (χ0v) is 9.32. The molecule has 2 rings (SSSR count). The van der Waals surface area contributed by atoms with Crippen molar-refractivity contribution in [3.8, 4) is 0 Å². The molecule has 0 unspecified atom stereocenters. The number of alkyl halides is 2. The Morgan fingerprint density at radius 3 is 2.40 bits per heavy atom. The highest BCUT2D eigenvalue weighted by atomic mass is 79.9. The third-order valence-electron chi connectivity index (χ3n) is 2.61. The smallest absolute Gasteiger partial charge is 0.252 e. The third kappa shape index (κ3) is 1.90. The van der Waals surface area contributed by atoms with E-state index in [1.165, 1.54) is 18.2 Å². The minimum absolute atomic E-state index is 0.411. The summed E-state index contributed by atoms with van der Waals surface area (Å²) in [6.45, 7) is 0. The standard InChI is InChI=1S/C10H9BrF3N/c11-8-2-1-6(12)3-7(8)9(15)4-10(13,14)5-9/h1-3H,4-5,15H2. The Balaban J connectivity index is 2.35. The van der Waals surface area contributed by atoms with Crippen molar-refractivity contribution in [1.29, 1.82) is 0 Å². The van der Waals surface area contributed by atoms with E-state index in [1.54, 1.807) is 0 Å². The van der Waals surface area contributed by atoms with Gasteiger partial charge in [0.25, 0.3) is 5.92 Å². The normalized spacial score (nSPS) is 22.2. The highest BCUT2D eigenvalue weighted by Gasteiger charge is 2.55. The average molecular weight is 280 g/mol. The van der Waals surface area contributed by atoms with Gasteiger partial charge in [-0.05, 0) is 23.8 Å². The van der Waals surface area contributed by atoms with Crippen LogP contribution in [0.4, 0.5) is 13.2 Å². The van der Waals surface area contributed by atoms with Crippen molar-refractivity contribution in [1.82, 2.24) is 0 Å². The monoisotopic (exact) mass is 279 g/mol. The first-order chi connectivity index (χ1) is 6.82. The van der Waals surface area contributed by atoms with E-state index in [4.69, 9.17) is 5.73 Å². The van der Waals surface area contributed by atoms with Gasteiger partial charge in [0.05, 0.1) is 5.54 Å². The third-order valence-corrected chi connectivity index (χ3v) is 3.30.